The molecule has 1 aromatic carbocycles. The van der Waals surface area contributed by atoms with Crippen molar-refractivity contribution in [1.29, 1.82) is 5.41 Å². The molecule has 180 valence electrons. The van der Waals surface area contributed by atoms with Crippen LogP contribution >= 0.6 is 0 Å². The Hall–Kier alpha value is -4.41. The summed E-state index contributed by atoms with van der Waals surface area (Å²) in [5.74, 6) is -0.759. The Labute approximate surface area is 198 Å². The third kappa shape index (κ3) is 4.79. The fourth-order valence-electron chi connectivity index (χ4n) is 3.59. The molecule has 0 spiro atoms. The highest BCUT2D eigenvalue weighted by Gasteiger charge is 2.20. The predicted octanol–water partition coefficient (Wildman–Crippen LogP) is 4.16. The molecule has 35 heavy (non-hydrogen) atoms. The first-order valence-electron chi connectivity index (χ1n) is 10.6. The van der Waals surface area contributed by atoms with E-state index in [2.05, 4.69) is 25.5 Å². The van der Waals surface area contributed by atoms with Gasteiger partial charge in [0, 0.05) is 31.4 Å². The van der Waals surface area contributed by atoms with Crippen LogP contribution in [0, 0.1) is 11.2 Å². The number of fused-ring (bicyclic) bond motifs is 1. The van der Waals surface area contributed by atoms with Gasteiger partial charge in [0.05, 0.1) is 17.0 Å². The van der Waals surface area contributed by atoms with Crippen LogP contribution in [0.15, 0.2) is 65.1 Å². The predicted molar refractivity (Wildman–Crippen MR) is 128 cm³/mol. The van der Waals surface area contributed by atoms with Crippen molar-refractivity contribution >= 4 is 28.3 Å². The zero-order valence-corrected chi connectivity index (χ0v) is 18.8. The molecule has 0 aliphatic heterocycles. The summed E-state index contributed by atoms with van der Waals surface area (Å²) in [4.78, 5) is 18.0. The summed E-state index contributed by atoms with van der Waals surface area (Å²) >= 11 is 0. The first-order valence-corrected chi connectivity index (χ1v) is 10.6. The molecule has 2 aromatic heterocycles. The van der Waals surface area contributed by atoms with Crippen molar-refractivity contribution in [3.63, 3.8) is 0 Å². The van der Waals surface area contributed by atoms with E-state index in [0.29, 0.717) is 23.4 Å². The quantitative estimate of drug-likeness (QED) is 0.467. The molecule has 0 unspecified atom stereocenters. The second-order valence-electron chi connectivity index (χ2n) is 7.42. The lowest BCUT2D eigenvalue weighted by molar-refractivity contribution is -0.0498. The largest absolute Gasteiger partial charge is 0.435 e. The van der Waals surface area contributed by atoms with Crippen molar-refractivity contribution in [2.75, 3.05) is 18.9 Å². The molecule has 0 bridgehead atoms. The molecule has 3 aromatic rings. The van der Waals surface area contributed by atoms with Crippen molar-refractivity contribution in [2.24, 2.45) is 0 Å². The minimum absolute atomic E-state index is 0.0395. The summed E-state index contributed by atoms with van der Waals surface area (Å²) < 4.78 is 45.3. The first-order chi connectivity index (χ1) is 16.8. The maximum Gasteiger partial charge on any atom is 0.387 e. The minimum Gasteiger partial charge on any atom is -0.435 e. The van der Waals surface area contributed by atoms with Gasteiger partial charge in [-0.2, -0.15) is 18.6 Å². The van der Waals surface area contributed by atoms with E-state index in [0.717, 1.165) is 4.68 Å². The Morgan fingerprint density at radius 3 is 2.63 bits per heavy atom. The van der Waals surface area contributed by atoms with Crippen LogP contribution in [0.4, 0.5) is 19.0 Å². The lowest BCUT2D eigenvalue weighted by atomic mass is 10.0. The van der Waals surface area contributed by atoms with Crippen molar-refractivity contribution in [2.45, 2.75) is 13.5 Å². The number of aromatic nitrogens is 3. The molecule has 1 aliphatic carbocycles. The molecule has 1 aliphatic rings. The molecule has 0 amide bonds. The highest BCUT2D eigenvalue weighted by Crippen LogP contribution is 2.29. The molecular formula is C24H21F3N6O2. The maximum absolute atomic E-state index is 14.7. The van der Waals surface area contributed by atoms with E-state index < -0.39 is 18.0 Å². The standard InChI is InChI=1S/C24H21F3N6O2/c1-3-30-22-17(25)11-19-21(31-22)20(13-4-7-16(8-5-13)35-24(26)27)23(34)33(32-19)15-6-9-18(28)14(10-15)12-29-2/h4-12,24,28-29H,3H2,1-2H3,(H,30,31)/b14-12-,28-18?. The fraction of sp³-hybridized carbons (Fsp3) is 0.167. The van der Waals surface area contributed by atoms with Gasteiger partial charge < -0.3 is 20.8 Å². The highest BCUT2D eigenvalue weighted by molar-refractivity contribution is 6.12. The number of allylic oxidation sites excluding steroid dienone is 5. The molecule has 0 saturated heterocycles. The second kappa shape index (κ2) is 9.84. The lowest BCUT2D eigenvalue weighted by Gasteiger charge is -2.16. The molecule has 0 atom stereocenters. The van der Waals surface area contributed by atoms with Crippen LogP contribution in [0.3, 0.4) is 0 Å². The zero-order chi connectivity index (χ0) is 25.1. The van der Waals surface area contributed by atoms with Gasteiger partial charge in [-0.05, 0) is 42.8 Å². The van der Waals surface area contributed by atoms with E-state index in [1.807, 2.05) is 0 Å². The summed E-state index contributed by atoms with van der Waals surface area (Å²) in [7, 11) is 1.68. The van der Waals surface area contributed by atoms with Crippen LogP contribution < -0.4 is 20.9 Å². The molecule has 0 fully saturated rings. The van der Waals surface area contributed by atoms with E-state index in [4.69, 9.17) is 5.41 Å². The summed E-state index contributed by atoms with van der Waals surface area (Å²) in [6.45, 7) is -0.810. The fourth-order valence-corrected chi connectivity index (χ4v) is 3.59. The Balaban J connectivity index is 1.98. The molecule has 8 nitrogen and oxygen atoms in total. The molecule has 3 N–H and O–H groups in total. The summed E-state index contributed by atoms with van der Waals surface area (Å²) in [5, 5.41) is 18.0. The maximum atomic E-state index is 14.7. The first kappa shape index (κ1) is 23.7. The Bertz CT molecular complexity index is 1440. The molecule has 0 radical (unpaired) electrons. The van der Waals surface area contributed by atoms with Gasteiger partial charge in [0.25, 0.3) is 5.56 Å². The minimum atomic E-state index is -2.99. The molecule has 2 heterocycles. The highest BCUT2D eigenvalue weighted by atomic mass is 19.3. The topological polar surface area (TPSA) is 105 Å². The van der Waals surface area contributed by atoms with Gasteiger partial charge in [-0.15, -0.1) is 0 Å². The average Bonchev–Trinajstić information content (AvgIpc) is 2.82. The summed E-state index contributed by atoms with van der Waals surface area (Å²) in [6, 6.07) is 6.68. The normalized spacial score (nSPS) is 14.5. The van der Waals surface area contributed by atoms with Crippen LogP contribution in [0.2, 0.25) is 0 Å². The number of rotatable bonds is 7. The number of ether oxygens (including phenoxy) is 1. The van der Waals surface area contributed by atoms with Gasteiger partial charge >= 0.3 is 6.61 Å². The van der Waals surface area contributed by atoms with Gasteiger partial charge in [-0.1, -0.05) is 12.1 Å². The van der Waals surface area contributed by atoms with Gasteiger partial charge in [-0.3, -0.25) is 4.79 Å². The van der Waals surface area contributed by atoms with Gasteiger partial charge in [-0.25, -0.2) is 9.37 Å². The summed E-state index contributed by atoms with van der Waals surface area (Å²) in [5.41, 5.74) is 1.26. The third-order valence-electron chi connectivity index (χ3n) is 5.10. The van der Waals surface area contributed by atoms with Crippen LogP contribution in [-0.2, 0) is 0 Å². The van der Waals surface area contributed by atoms with Gasteiger partial charge in [0.2, 0.25) is 0 Å². The van der Waals surface area contributed by atoms with Crippen LogP contribution in [0.5, 0.6) is 5.75 Å². The van der Waals surface area contributed by atoms with Crippen molar-refractivity contribution in [3.05, 3.63) is 76.5 Å². The lowest BCUT2D eigenvalue weighted by Crippen LogP contribution is -2.25. The van der Waals surface area contributed by atoms with Gasteiger partial charge in [0.15, 0.2) is 11.6 Å². The van der Waals surface area contributed by atoms with Crippen LogP contribution in [0.1, 0.15) is 6.92 Å². The number of pyridine rings is 1. The van der Waals surface area contributed by atoms with Crippen molar-refractivity contribution in [1.82, 2.24) is 20.1 Å². The SMILES string of the molecule is CCNc1nc2c(-c3ccc(OC(F)F)cc3)c(=O)n(C3=C/C(=C/NC)C(=N)C=C3)nc2cc1F. The van der Waals surface area contributed by atoms with Crippen molar-refractivity contribution < 1.29 is 17.9 Å². The Kier molecular flexibility index (Phi) is 6.67. The number of nitrogens with one attached hydrogen (secondary N) is 3. The number of alkyl halides is 2. The molecule has 11 heteroatoms. The molecule has 4 rings (SSSR count). The van der Waals surface area contributed by atoms with Gasteiger partial charge in [0.1, 0.15) is 16.8 Å². The number of hydrogen-bond acceptors (Lipinski definition) is 7. The monoisotopic (exact) mass is 482 g/mol. The van der Waals surface area contributed by atoms with E-state index in [-0.39, 0.29) is 33.9 Å². The van der Waals surface area contributed by atoms with E-state index in [9.17, 15) is 18.0 Å². The number of anilines is 1. The molecular weight excluding hydrogens is 461 g/mol. The number of halogens is 3. The smallest absolute Gasteiger partial charge is 0.387 e. The Morgan fingerprint density at radius 1 is 1.23 bits per heavy atom. The Morgan fingerprint density at radius 2 is 1.97 bits per heavy atom. The zero-order valence-electron chi connectivity index (χ0n) is 18.8. The average molecular weight is 482 g/mol. The number of hydrogen-bond donors (Lipinski definition) is 3. The second-order valence-corrected chi connectivity index (χ2v) is 7.42. The van der Waals surface area contributed by atoms with Crippen LogP contribution in [-0.4, -0.2) is 40.7 Å². The third-order valence-corrected chi connectivity index (χ3v) is 5.10. The number of benzene rings is 1. The van der Waals surface area contributed by atoms with Crippen LogP contribution in [0.25, 0.3) is 27.9 Å². The summed E-state index contributed by atoms with van der Waals surface area (Å²) in [6.07, 6.45) is 6.26. The molecule has 0 saturated carbocycles. The van der Waals surface area contributed by atoms with E-state index >= 15 is 0 Å². The van der Waals surface area contributed by atoms with E-state index in [1.165, 1.54) is 36.4 Å². The number of nitrogens with zero attached hydrogens (tertiary/aromatic N) is 3. The van der Waals surface area contributed by atoms with Crippen molar-refractivity contribution in [3.8, 4) is 16.9 Å². The van der Waals surface area contributed by atoms with E-state index in [1.54, 1.807) is 32.3 Å².